The fraction of sp³-hybridized carbons (Fsp3) is 0.389. The Hall–Kier alpha value is -2.83. The number of nitrogens with zero attached hydrogens (tertiary/aromatic N) is 2. The molecule has 2 amide bonds. The van der Waals surface area contributed by atoms with Crippen LogP contribution in [0.1, 0.15) is 42.6 Å². The van der Waals surface area contributed by atoms with Gasteiger partial charge in [-0.3, -0.25) is 9.69 Å². The Morgan fingerprint density at radius 1 is 1.24 bits per heavy atom. The van der Waals surface area contributed by atoms with Crippen LogP contribution in [0.5, 0.6) is 0 Å². The van der Waals surface area contributed by atoms with E-state index < -0.39 is 0 Å². The molecule has 0 spiro atoms. The Labute approximate surface area is 145 Å². The zero-order chi connectivity index (χ0) is 18.2. The van der Waals surface area contributed by atoms with Gasteiger partial charge in [0.25, 0.3) is 5.91 Å². The molecule has 132 valence electrons. The third kappa shape index (κ3) is 3.35. The lowest BCUT2D eigenvalue weighted by Crippen LogP contribution is -2.23. The smallest absolute Gasteiger partial charge is 0.414 e. The highest BCUT2D eigenvalue weighted by Crippen LogP contribution is 2.28. The van der Waals surface area contributed by atoms with Gasteiger partial charge in [-0.2, -0.15) is 0 Å². The van der Waals surface area contributed by atoms with Crippen LogP contribution in [0.4, 0.5) is 16.2 Å². The molecular formula is C18H21N3O4. The van der Waals surface area contributed by atoms with Crippen molar-refractivity contribution in [3.8, 4) is 0 Å². The number of aryl methyl sites for hydroxylation is 1. The van der Waals surface area contributed by atoms with Crippen LogP contribution in [0, 0.1) is 6.92 Å². The predicted octanol–water partition coefficient (Wildman–Crippen LogP) is 3.49. The number of benzene rings is 1. The van der Waals surface area contributed by atoms with E-state index in [4.69, 9.17) is 9.26 Å². The number of carbonyl (C=O) groups excluding carboxylic acids is 2. The Morgan fingerprint density at radius 3 is 2.48 bits per heavy atom. The van der Waals surface area contributed by atoms with Crippen molar-refractivity contribution in [3.05, 3.63) is 41.3 Å². The van der Waals surface area contributed by atoms with E-state index in [-0.39, 0.29) is 17.4 Å². The molecular weight excluding hydrogens is 322 g/mol. The summed E-state index contributed by atoms with van der Waals surface area (Å²) in [5.41, 5.74) is 2.14. The van der Waals surface area contributed by atoms with Gasteiger partial charge in [-0.15, -0.1) is 0 Å². The summed E-state index contributed by atoms with van der Waals surface area (Å²) < 4.78 is 10.1. The molecule has 7 nitrogen and oxygen atoms in total. The summed E-state index contributed by atoms with van der Waals surface area (Å²) >= 11 is 0. The third-order valence-corrected chi connectivity index (χ3v) is 4.00. The molecule has 0 unspecified atom stereocenters. The molecule has 0 atom stereocenters. The summed E-state index contributed by atoms with van der Waals surface area (Å²) in [5.74, 6) is 0.218. The lowest BCUT2D eigenvalue weighted by molar-refractivity contribution is 0.102. The van der Waals surface area contributed by atoms with E-state index in [9.17, 15) is 9.59 Å². The number of anilines is 2. The Kier molecular flexibility index (Phi) is 4.24. The van der Waals surface area contributed by atoms with Gasteiger partial charge in [0.15, 0.2) is 0 Å². The number of amides is 2. The van der Waals surface area contributed by atoms with Crippen LogP contribution in [-0.4, -0.2) is 30.3 Å². The van der Waals surface area contributed by atoms with Gasteiger partial charge in [0.05, 0.1) is 6.54 Å². The maximum atomic E-state index is 12.7. The second-order valence-corrected chi connectivity index (χ2v) is 6.98. The molecule has 0 saturated carbocycles. The Bertz CT molecular complexity index is 803. The first-order valence-electron chi connectivity index (χ1n) is 8.10. The standard InChI is InChI=1S/C18H21N3O4/c1-11-14(15(20-25-11)18(2,3)4)16(22)19-12-5-7-13(8-6-12)21-9-10-24-17(21)23/h5-8H,9-10H2,1-4H3,(H,19,22). The highest BCUT2D eigenvalue weighted by molar-refractivity contribution is 6.06. The zero-order valence-corrected chi connectivity index (χ0v) is 14.8. The van der Waals surface area contributed by atoms with E-state index in [0.29, 0.717) is 35.9 Å². The average molecular weight is 343 g/mol. The average Bonchev–Trinajstić information content (AvgIpc) is 3.13. The van der Waals surface area contributed by atoms with Crippen LogP contribution >= 0.6 is 0 Å². The largest absolute Gasteiger partial charge is 0.447 e. The first-order chi connectivity index (χ1) is 11.8. The lowest BCUT2D eigenvalue weighted by Gasteiger charge is -2.17. The number of nitrogens with one attached hydrogen (secondary N) is 1. The summed E-state index contributed by atoms with van der Waals surface area (Å²) in [7, 11) is 0. The fourth-order valence-electron chi connectivity index (χ4n) is 2.70. The first kappa shape index (κ1) is 17.0. The van der Waals surface area contributed by atoms with E-state index in [1.807, 2.05) is 20.8 Å². The SMILES string of the molecule is Cc1onc(C(C)(C)C)c1C(=O)Nc1ccc(N2CCOC2=O)cc1. The van der Waals surface area contributed by atoms with Crippen LogP contribution in [0.25, 0.3) is 0 Å². The van der Waals surface area contributed by atoms with Gasteiger partial charge in [0.1, 0.15) is 23.6 Å². The fourth-order valence-corrected chi connectivity index (χ4v) is 2.70. The minimum Gasteiger partial charge on any atom is -0.447 e. The molecule has 1 aromatic carbocycles. The van der Waals surface area contributed by atoms with E-state index in [2.05, 4.69) is 10.5 Å². The first-order valence-corrected chi connectivity index (χ1v) is 8.10. The molecule has 0 aliphatic carbocycles. The van der Waals surface area contributed by atoms with Crippen molar-refractivity contribution in [3.63, 3.8) is 0 Å². The topological polar surface area (TPSA) is 84.7 Å². The number of aromatic nitrogens is 1. The number of hydrogen-bond donors (Lipinski definition) is 1. The molecule has 2 aromatic rings. The van der Waals surface area contributed by atoms with Crippen LogP contribution in [0.2, 0.25) is 0 Å². The number of ether oxygens (including phenoxy) is 1. The van der Waals surface area contributed by atoms with Crippen molar-refractivity contribution in [2.45, 2.75) is 33.1 Å². The monoisotopic (exact) mass is 343 g/mol. The molecule has 7 heteroatoms. The second-order valence-electron chi connectivity index (χ2n) is 6.98. The van der Waals surface area contributed by atoms with Crippen molar-refractivity contribution in [2.24, 2.45) is 0 Å². The summed E-state index contributed by atoms with van der Waals surface area (Å²) in [6.45, 7) is 8.57. The van der Waals surface area contributed by atoms with Gasteiger partial charge < -0.3 is 14.6 Å². The Balaban J connectivity index is 1.78. The summed E-state index contributed by atoms with van der Waals surface area (Å²) in [4.78, 5) is 25.8. The van der Waals surface area contributed by atoms with E-state index in [1.54, 1.807) is 36.1 Å². The minimum absolute atomic E-state index is 0.267. The van der Waals surface area contributed by atoms with Gasteiger partial charge in [-0.1, -0.05) is 25.9 Å². The molecule has 1 fully saturated rings. The molecule has 2 heterocycles. The van der Waals surface area contributed by atoms with Crippen molar-refractivity contribution < 1.29 is 18.8 Å². The molecule has 1 aliphatic heterocycles. The van der Waals surface area contributed by atoms with Gasteiger partial charge in [-0.05, 0) is 31.2 Å². The highest BCUT2D eigenvalue weighted by atomic mass is 16.6. The maximum Gasteiger partial charge on any atom is 0.414 e. The molecule has 1 aliphatic rings. The quantitative estimate of drug-likeness (QED) is 0.922. The van der Waals surface area contributed by atoms with Gasteiger partial charge in [-0.25, -0.2) is 4.79 Å². The Morgan fingerprint density at radius 2 is 1.92 bits per heavy atom. The van der Waals surface area contributed by atoms with Gasteiger partial charge >= 0.3 is 6.09 Å². The molecule has 1 aromatic heterocycles. The normalized spacial score (nSPS) is 14.6. The summed E-state index contributed by atoms with van der Waals surface area (Å²) in [5, 5.41) is 6.88. The van der Waals surface area contributed by atoms with Crippen LogP contribution in [-0.2, 0) is 10.2 Å². The predicted molar refractivity (Wildman–Crippen MR) is 93.0 cm³/mol. The van der Waals surface area contributed by atoms with E-state index in [0.717, 1.165) is 5.69 Å². The summed E-state index contributed by atoms with van der Waals surface area (Å²) in [6, 6.07) is 7.04. The van der Waals surface area contributed by atoms with Gasteiger partial charge in [0, 0.05) is 16.8 Å². The van der Waals surface area contributed by atoms with Crippen molar-refractivity contribution >= 4 is 23.4 Å². The van der Waals surface area contributed by atoms with E-state index >= 15 is 0 Å². The van der Waals surface area contributed by atoms with Crippen LogP contribution < -0.4 is 10.2 Å². The highest BCUT2D eigenvalue weighted by Gasteiger charge is 2.29. The number of hydrogen-bond acceptors (Lipinski definition) is 5. The zero-order valence-electron chi connectivity index (χ0n) is 14.8. The van der Waals surface area contributed by atoms with Crippen molar-refractivity contribution in [1.29, 1.82) is 0 Å². The minimum atomic E-state index is -0.355. The molecule has 1 N–H and O–H groups in total. The molecule has 25 heavy (non-hydrogen) atoms. The second kappa shape index (κ2) is 6.23. The van der Waals surface area contributed by atoms with Crippen molar-refractivity contribution in [2.75, 3.05) is 23.4 Å². The molecule has 0 radical (unpaired) electrons. The number of rotatable bonds is 3. The van der Waals surface area contributed by atoms with Crippen LogP contribution in [0.3, 0.4) is 0 Å². The molecule has 3 rings (SSSR count). The van der Waals surface area contributed by atoms with Crippen LogP contribution in [0.15, 0.2) is 28.8 Å². The number of carbonyl (C=O) groups is 2. The van der Waals surface area contributed by atoms with Gasteiger partial charge in [0.2, 0.25) is 0 Å². The number of cyclic esters (lactones) is 1. The lowest BCUT2D eigenvalue weighted by atomic mass is 9.88. The molecule has 0 bridgehead atoms. The van der Waals surface area contributed by atoms with Crippen molar-refractivity contribution in [1.82, 2.24) is 5.16 Å². The third-order valence-electron chi connectivity index (χ3n) is 4.00. The maximum absolute atomic E-state index is 12.7. The van der Waals surface area contributed by atoms with E-state index in [1.165, 1.54) is 0 Å². The molecule has 1 saturated heterocycles. The summed E-state index contributed by atoms with van der Waals surface area (Å²) in [6.07, 6.45) is -0.355.